The van der Waals surface area contributed by atoms with E-state index in [1.807, 2.05) is 0 Å². The van der Waals surface area contributed by atoms with Gasteiger partial charge in [-0.05, 0) is 6.42 Å². The van der Waals surface area contributed by atoms with Gasteiger partial charge in [-0.3, -0.25) is 9.59 Å². The van der Waals surface area contributed by atoms with Crippen LogP contribution in [0.2, 0.25) is 0 Å². The normalized spacial score (nSPS) is 28.1. The Balaban J connectivity index is 2.41. The Hall–Kier alpha value is -1.10. The SMILES string of the molecule is CC(=O)NC1CNCC(C(=O)O)C1. The summed E-state index contributed by atoms with van der Waals surface area (Å²) in [5, 5.41) is 14.4. The van der Waals surface area contributed by atoms with Crippen molar-refractivity contribution in [2.75, 3.05) is 13.1 Å². The van der Waals surface area contributed by atoms with Crippen molar-refractivity contribution >= 4 is 11.9 Å². The second kappa shape index (κ2) is 4.23. The minimum absolute atomic E-state index is 0.0488. The van der Waals surface area contributed by atoms with Crippen molar-refractivity contribution in [3.05, 3.63) is 0 Å². The first-order valence-corrected chi connectivity index (χ1v) is 4.30. The molecule has 0 aromatic heterocycles. The zero-order valence-corrected chi connectivity index (χ0v) is 7.54. The lowest BCUT2D eigenvalue weighted by molar-refractivity contribution is -0.142. The van der Waals surface area contributed by atoms with Crippen molar-refractivity contribution in [3.63, 3.8) is 0 Å². The highest BCUT2D eigenvalue weighted by Gasteiger charge is 2.26. The third kappa shape index (κ3) is 3.02. The maximum atomic E-state index is 10.7. The molecule has 1 rings (SSSR count). The van der Waals surface area contributed by atoms with Gasteiger partial charge < -0.3 is 15.7 Å². The molecule has 74 valence electrons. The van der Waals surface area contributed by atoms with E-state index in [1.54, 1.807) is 0 Å². The molecule has 0 spiro atoms. The largest absolute Gasteiger partial charge is 0.481 e. The molecule has 5 heteroatoms. The smallest absolute Gasteiger partial charge is 0.307 e. The van der Waals surface area contributed by atoms with Gasteiger partial charge >= 0.3 is 5.97 Å². The van der Waals surface area contributed by atoms with Gasteiger partial charge in [0.2, 0.25) is 5.91 Å². The summed E-state index contributed by atoms with van der Waals surface area (Å²) >= 11 is 0. The van der Waals surface area contributed by atoms with E-state index in [0.717, 1.165) is 0 Å². The monoisotopic (exact) mass is 186 g/mol. The topological polar surface area (TPSA) is 78.4 Å². The fourth-order valence-electron chi connectivity index (χ4n) is 1.53. The summed E-state index contributed by atoms with van der Waals surface area (Å²) in [6.07, 6.45) is 0.516. The van der Waals surface area contributed by atoms with Crippen LogP contribution in [-0.2, 0) is 9.59 Å². The van der Waals surface area contributed by atoms with Crippen molar-refractivity contribution in [3.8, 4) is 0 Å². The Morgan fingerprint density at radius 2 is 2.15 bits per heavy atom. The molecule has 1 fully saturated rings. The molecule has 3 N–H and O–H groups in total. The molecule has 0 bridgehead atoms. The number of rotatable bonds is 2. The van der Waals surface area contributed by atoms with Gasteiger partial charge in [0.25, 0.3) is 0 Å². The van der Waals surface area contributed by atoms with Gasteiger partial charge in [0, 0.05) is 26.1 Å². The van der Waals surface area contributed by atoms with E-state index < -0.39 is 5.97 Å². The van der Waals surface area contributed by atoms with Crippen LogP contribution in [0.15, 0.2) is 0 Å². The van der Waals surface area contributed by atoms with Crippen LogP contribution in [0, 0.1) is 5.92 Å². The molecule has 1 amide bonds. The van der Waals surface area contributed by atoms with Gasteiger partial charge in [-0.15, -0.1) is 0 Å². The zero-order valence-electron chi connectivity index (χ0n) is 7.54. The van der Waals surface area contributed by atoms with Gasteiger partial charge in [0.05, 0.1) is 5.92 Å². The minimum Gasteiger partial charge on any atom is -0.481 e. The van der Waals surface area contributed by atoms with E-state index in [9.17, 15) is 9.59 Å². The lowest BCUT2D eigenvalue weighted by atomic mass is 9.96. The number of hydrogen-bond donors (Lipinski definition) is 3. The number of carboxylic acids is 1. The van der Waals surface area contributed by atoms with Crippen LogP contribution in [0.5, 0.6) is 0 Å². The summed E-state index contributed by atoms with van der Waals surface area (Å²) in [6.45, 7) is 2.58. The van der Waals surface area contributed by atoms with Crippen LogP contribution in [0.3, 0.4) is 0 Å². The number of amides is 1. The average Bonchev–Trinajstić information content (AvgIpc) is 2.03. The number of piperidine rings is 1. The second-order valence-electron chi connectivity index (χ2n) is 3.33. The van der Waals surface area contributed by atoms with E-state index in [0.29, 0.717) is 19.5 Å². The van der Waals surface area contributed by atoms with Crippen molar-refractivity contribution in [1.29, 1.82) is 0 Å². The van der Waals surface area contributed by atoms with Crippen LogP contribution < -0.4 is 10.6 Å². The average molecular weight is 186 g/mol. The molecular formula is C8H14N2O3. The molecule has 1 aliphatic rings. The Bertz CT molecular complexity index is 217. The first kappa shape index (κ1) is 9.98. The third-order valence-corrected chi connectivity index (χ3v) is 2.11. The van der Waals surface area contributed by atoms with Crippen LogP contribution >= 0.6 is 0 Å². The van der Waals surface area contributed by atoms with Crippen molar-refractivity contribution < 1.29 is 14.7 Å². The van der Waals surface area contributed by atoms with E-state index in [4.69, 9.17) is 5.11 Å². The first-order valence-electron chi connectivity index (χ1n) is 4.30. The van der Waals surface area contributed by atoms with E-state index in [-0.39, 0.29) is 17.9 Å². The summed E-state index contributed by atoms with van der Waals surface area (Å²) in [6, 6.07) is -0.0488. The number of carbonyl (C=O) groups is 2. The van der Waals surface area contributed by atoms with Crippen LogP contribution in [0.1, 0.15) is 13.3 Å². The summed E-state index contributed by atoms with van der Waals surface area (Å²) in [5.74, 6) is -1.30. The maximum Gasteiger partial charge on any atom is 0.307 e. The van der Waals surface area contributed by atoms with E-state index in [2.05, 4.69) is 10.6 Å². The molecule has 0 aromatic rings. The molecule has 0 aliphatic carbocycles. The molecular weight excluding hydrogens is 172 g/mol. The highest BCUT2D eigenvalue weighted by Crippen LogP contribution is 2.10. The quantitative estimate of drug-likeness (QED) is 0.527. The predicted octanol–water partition coefficient (Wildman–Crippen LogP) is -0.815. The lowest BCUT2D eigenvalue weighted by Gasteiger charge is -2.27. The number of nitrogens with one attached hydrogen (secondary N) is 2. The summed E-state index contributed by atoms with van der Waals surface area (Å²) in [7, 11) is 0. The molecule has 2 unspecified atom stereocenters. The Morgan fingerprint density at radius 3 is 2.69 bits per heavy atom. The summed E-state index contributed by atoms with van der Waals surface area (Å²) < 4.78 is 0. The van der Waals surface area contributed by atoms with Crippen LogP contribution in [0.25, 0.3) is 0 Å². The fraction of sp³-hybridized carbons (Fsp3) is 0.750. The lowest BCUT2D eigenvalue weighted by Crippen LogP contribution is -2.50. The summed E-state index contributed by atoms with van der Waals surface area (Å²) in [5.41, 5.74) is 0. The van der Waals surface area contributed by atoms with Gasteiger partial charge in [0.15, 0.2) is 0 Å². The zero-order chi connectivity index (χ0) is 9.84. The van der Waals surface area contributed by atoms with E-state index >= 15 is 0 Å². The molecule has 0 radical (unpaired) electrons. The van der Waals surface area contributed by atoms with Gasteiger partial charge in [-0.25, -0.2) is 0 Å². The molecule has 0 aromatic carbocycles. The number of aliphatic carboxylic acids is 1. The highest BCUT2D eigenvalue weighted by molar-refractivity contribution is 5.74. The van der Waals surface area contributed by atoms with Crippen LogP contribution in [-0.4, -0.2) is 36.1 Å². The molecule has 2 atom stereocenters. The highest BCUT2D eigenvalue weighted by atomic mass is 16.4. The van der Waals surface area contributed by atoms with E-state index in [1.165, 1.54) is 6.92 Å². The first-order chi connectivity index (χ1) is 6.09. The molecule has 13 heavy (non-hydrogen) atoms. The molecule has 1 saturated heterocycles. The Labute approximate surface area is 76.5 Å². The van der Waals surface area contributed by atoms with Gasteiger partial charge in [-0.2, -0.15) is 0 Å². The Morgan fingerprint density at radius 1 is 1.46 bits per heavy atom. The number of hydrogen-bond acceptors (Lipinski definition) is 3. The van der Waals surface area contributed by atoms with Crippen molar-refractivity contribution in [1.82, 2.24) is 10.6 Å². The fourth-order valence-corrected chi connectivity index (χ4v) is 1.53. The standard InChI is InChI=1S/C8H14N2O3/c1-5(11)10-7-2-6(8(12)13)3-9-4-7/h6-7,9H,2-4H2,1H3,(H,10,11)(H,12,13). The predicted molar refractivity (Wildman–Crippen MR) is 46.2 cm³/mol. The molecule has 0 saturated carbocycles. The molecule has 5 nitrogen and oxygen atoms in total. The molecule has 1 aliphatic heterocycles. The van der Waals surface area contributed by atoms with Crippen molar-refractivity contribution in [2.45, 2.75) is 19.4 Å². The number of carboxylic acid groups (broad SMARTS) is 1. The molecule has 1 heterocycles. The van der Waals surface area contributed by atoms with Crippen molar-refractivity contribution in [2.24, 2.45) is 5.92 Å². The maximum absolute atomic E-state index is 10.7. The second-order valence-corrected chi connectivity index (χ2v) is 3.33. The number of carbonyl (C=O) groups excluding carboxylic acids is 1. The van der Waals surface area contributed by atoms with Gasteiger partial charge in [-0.1, -0.05) is 0 Å². The third-order valence-electron chi connectivity index (χ3n) is 2.11. The van der Waals surface area contributed by atoms with Gasteiger partial charge in [0.1, 0.15) is 0 Å². The minimum atomic E-state index is -0.803. The Kier molecular flexibility index (Phi) is 3.25. The summed E-state index contributed by atoms with van der Waals surface area (Å²) in [4.78, 5) is 21.3. The van der Waals surface area contributed by atoms with Crippen LogP contribution in [0.4, 0.5) is 0 Å².